The molecule has 0 bridgehead atoms. The van der Waals surface area contributed by atoms with Crippen LogP contribution in [0, 0.1) is 0 Å². The lowest BCUT2D eigenvalue weighted by Crippen LogP contribution is -2.49. The number of aliphatic imine (C=N–C) groups is 1. The molecule has 1 aliphatic rings. The average Bonchev–Trinajstić information content (AvgIpc) is 3.48. The van der Waals surface area contributed by atoms with Gasteiger partial charge >= 0.3 is 0 Å². The fourth-order valence-corrected chi connectivity index (χ4v) is 5.69. The Balaban J connectivity index is 1.58. The Bertz CT molecular complexity index is 1660. The van der Waals surface area contributed by atoms with Crippen molar-refractivity contribution in [1.29, 1.82) is 0 Å². The molecule has 5 rings (SSSR count). The molecule has 9 nitrogen and oxygen atoms in total. The van der Waals surface area contributed by atoms with Crippen molar-refractivity contribution in [3.8, 4) is 23.0 Å². The Morgan fingerprint density at radius 1 is 0.935 bits per heavy atom. The molecular formula is C36H37BrN2O7. The van der Waals surface area contributed by atoms with Crippen LogP contribution in [0.2, 0.25) is 0 Å². The number of hydrogen-bond acceptors (Lipinski definition) is 8. The number of amides is 1. The molecule has 240 valence electrons. The van der Waals surface area contributed by atoms with Crippen LogP contribution in [-0.2, 0) is 22.5 Å². The second-order valence-electron chi connectivity index (χ2n) is 10.7. The molecule has 0 unspecified atom stereocenters. The van der Waals surface area contributed by atoms with E-state index in [-0.39, 0.29) is 25.5 Å². The van der Waals surface area contributed by atoms with Gasteiger partial charge in [-0.2, -0.15) is 0 Å². The van der Waals surface area contributed by atoms with Gasteiger partial charge < -0.3 is 34.1 Å². The zero-order valence-electron chi connectivity index (χ0n) is 26.0. The van der Waals surface area contributed by atoms with E-state index in [4.69, 9.17) is 33.8 Å². The Morgan fingerprint density at radius 2 is 1.70 bits per heavy atom. The second kappa shape index (κ2) is 15.2. The van der Waals surface area contributed by atoms with Crippen LogP contribution in [0.5, 0.6) is 23.0 Å². The van der Waals surface area contributed by atoms with Crippen LogP contribution >= 0.6 is 15.9 Å². The third kappa shape index (κ3) is 7.29. The van der Waals surface area contributed by atoms with Gasteiger partial charge in [-0.3, -0.25) is 4.79 Å². The van der Waals surface area contributed by atoms with E-state index in [0.29, 0.717) is 47.5 Å². The van der Waals surface area contributed by atoms with Crippen LogP contribution in [0.3, 0.4) is 0 Å². The number of methoxy groups -OCH3 is 3. The van der Waals surface area contributed by atoms with Gasteiger partial charge in [-0.25, -0.2) is 4.99 Å². The van der Waals surface area contributed by atoms with Crippen molar-refractivity contribution in [2.45, 2.75) is 31.0 Å². The van der Waals surface area contributed by atoms with Gasteiger partial charge in [0.15, 0.2) is 23.1 Å². The Hall–Kier alpha value is -4.54. The zero-order chi connectivity index (χ0) is 32.5. The van der Waals surface area contributed by atoms with Crippen LogP contribution in [-0.4, -0.2) is 57.0 Å². The SMILES string of the molecule is COc1cccc([C@H]2OC(c3ccc(OCCCO)cc3)=N[C@@]2(Cc2ccc(Br)cc2)C(=O)NCc2cccc(OC)c2OC)c1. The normalized spacial score (nSPS) is 17.1. The first-order valence-corrected chi connectivity index (χ1v) is 15.7. The number of nitrogens with zero attached hydrogens (tertiary/aromatic N) is 1. The summed E-state index contributed by atoms with van der Waals surface area (Å²) in [6.07, 6.45) is 0.0124. The highest BCUT2D eigenvalue weighted by Gasteiger charge is 2.53. The third-order valence-corrected chi connectivity index (χ3v) is 8.27. The van der Waals surface area contributed by atoms with E-state index < -0.39 is 11.6 Å². The number of ether oxygens (including phenoxy) is 5. The van der Waals surface area contributed by atoms with E-state index in [2.05, 4.69) is 21.2 Å². The van der Waals surface area contributed by atoms with E-state index in [1.54, 1.807) is 21.3 Å². The predicted molar refractivity (Wildman–Crippen MR) is 179 cm³/mol. The minimum Gasteiger partial charge on any atom is -0.497 e. The number of carbonyl (C=O) groups is 1. The van der Waals surface area contributed by atoms with Crippen LogP contribution in [0.25, 0.3) is 0 Å². The molecule has 4 aromatic carbocycles. The quantitative estimate of drug-likeness (QED) is 0.155. The first-order valence-electron chi connectivity index (χ1n) is 14.9. The van der Waals surface area contributed by atoms with E-state index in [9.17, 15) is 4.79 Å². The zero-order valence-corrected chi connectivity index (χ0v) is 27.6. The summed E-state index contributed by atoms with van der Waals surface area (Å²) in [5.74, 6) is 2.43. The number of carbonyl (C=O) groups excluding carboxylic acids is 1. The molecule has 2 atom stereocenters. The van der Waals surface area contributed by atoms with Gasteiger partial charge in [-0.1, -0.05) is 52.3 Å². The van der Waals surface area contributed by atoms with Crippen molar-refractivity contribution in [2.24, 2.45) is 4.99 Å². The summed E-state index contributed by atoms with van der Waals surface area (Å²) in [5, 5.41) is 12.2. The van der Waals surface area contributed by atoms with Gasteiger partial charge in [0.2, 0.25) is 5.90 Å². The highest BCUT2D eigenvalue weighted by molar-refractivity contribution is 9.10. The highest BCUT2D eigenvalue weighted by Crippen LogP contribution is 2.43. The standard InChI is InChI=1S/C36H37BrN2O7/c1-42-30-9-4-7-26(21-30)33-36(22-24-11-15-28(37)16-12-24,35(41)38-23-27-8-5-10-31(43-2)32(27)44-3)39-34(46-33)25-13-17-29(18-14-25)45-20-6-19-40/h4-5,7-18,21,33,40H,6,19-20,22-23H2,1-3H3,(H,38,41)/t33-,36-/m1/s1. The molecule has 0 saturated heterocycles. The third-order valence-electron chi connectivity index (χ3n) is 7.74. The molecule has 1 heterocycles. The van der Waals surface area contributed by atoms with Crippen molar-refractivity contribution in [2.75, 3.05) is 34.5 Å². The van der Waals surface area contributed by atoms with Gasteiger partial charge in [0.25, 0.3) is 5.91 Å². The molecule has 0 fully saturated rings. The Labute approximate surface area is 277 Å². The van der Waals surface area contributed by atoms with Gasteiger partial charge in [0.1, 0.15) is 11.5 Å². The van der Waals surface area contributed by atoms with Crippen molar-refractivity contribution in [3.05, 3.63) is 118 Å². The van der Waals surface area contributed by atoms with E-state index in [0.717, 1.165) is 21.2 Å². The molecule has 0 aromatic heterocycles. The fraction of sp³-hybridized carbons (Fsp3) is 0.278. The number of aliphatic hydroxyl groups excluding tert-OH is 1. The fourth-order valence-electron chi connectivity index (χ4n) is 5.42. The molecule has 0 spiro atoms. The van der Waals surface area contributed by atoms with Crippen molar-refractivity contribution in [3.63, 3.8) is 0 Å². The molecule has 4 aromatic rings. The first-order chi connectivity index (χ1) is 22.4. The molecule has 46 heavy (non-hydrogen) atoms. The first kappa shape index (κ1) is 32.8. The lowest BCUT2D eigenvalue weighted by molar-refractivity contribution is -0.129. The van der Waals surface area contributed by atoms with Crippen LogP contribution in [0.15, 0.2) is 100 Å². The smallest absolute Gasteiger partial charge is 0.252 e. The van der Waals surface area contributed by atoms with Gasteiger partial charge in [0.05, 0.1) is 27.9 Å². The molecule has 1 aliphatic heterocycles. The van der Waals surface area contributed by atoms with Gasteiger partial charge in [-0.05, 0) is 65.7 Å². The summed E-state index contributed by atoms with van der Waals surface area (Å²) in [4.78, 5) is 19.7. The maximum atomic E-state index is 14.6. The summed E-state index contributed by atoms with van der Waals surface area (Å²) in [6, 6.07) is 28.2. The highest BCUT2D eigenvalue weighted by atomic mass is 79.9. The van der Waals surface area contributed by atoms with Crippen LogP contribution in [0.1, 0.15) is 34.8 Å². The van der Waals surface area contributed by atoms with Crippen molar-refractivity contribution in [1.82, 2.24) is 5.32 Å². The molecule has 0 saturated carbocycles. The maximum Gasteiger partial charge on any atom is 0.252 e. The monoisotopic (exact) mass is 688 g/mol. The summed E-state index contributed by atoms with van der Waals surface area (Å²) in [6.45, 7) is 0.637. The maximum absolute atomic E-state index is 14.6. The van der Waals surface area contributed by atoms with E-state index in [1.165, 1.54) is 0 Å². The number of para-hydroxylation sites is 1. The number of nitrogens with one attached hydrogen (secondary N) is 1. The minimum atomic E-state index is -1.39. The van der Waals surface area contributed by atoms with E-state index >= 15 is 0 Å². The number of aliphatic hydroxyl groups is 1. The van der Waals surface area contributed by atoms with Crippen molar-refractivity contribution < 1.29 is 33.6 Å². The minimum absolute atomic E-state index is 0.0570. The number of rotatable bonds is 14. The second-order valence-corrected chi connectivity index (χ2v) is 11.6. The number of benzene rings is 4. The van der Waals surface area contributed by atoms with Gasteiger partial charge in [0, 0.05) is 41.6 Å². The summed E-state index contributed by atoms with van der Waals surface area (Å²) in [7, 11) is 4.75. The molecule has 0 radical (unpaired) electrons. The molecule has 10 heteroatoms. The largest absolute Gasteiger partial charge is 0.497 e. The number of halogens is 1. The Morgan fingerprint density at radius 3 is 2.39 bits per heavy atom. The topological polar surface area (TPSA) is 108 Å². The summed E-state index contributed by atoms with van der Waals surface area (Å²) >= 11 is 3.52. The Kier molecular flexibility index (Phi) is 10.8. The molecule has 1 amide bonds. The number of hydrogen-bond donors (Lipinski definition) is 2. The molecule has 2 N–H and O–H groups in total. The molecule has 0 aliphatic carbocycles. The lowest BCUT2D eigenvalue weighted by atomic mass is 9.82. The van der Waals surface area contributed by atoms with Crippen LogP contribution < -0.4 is 24.3 Å². The van der Waals surface area contributed by atoms with Gasteiger partial charge in [-0.15, -0.1) is 0 Å². The summed E-state index contributed by atoms with van der Waals surface area (Å²) < 4.78 is 29.9. The summed E-state index contributed by atoms with van der Waals surface area (Å²) in [5.41, 5.74) is 1.71. The molecular weight excluding hydrogens is 652 g/mol. The lowest BCUT2D eigenvalue weighted by Gasteiger charge is -2.31. The average molecular weight is 690 g/mol. The van der Waals surface area contributed by atoms with Crippen LogP contribution in [0.4, 0.5) is 0 Å². The van der Waals surface area contributed by atoms with E-state index in [1.807, 2.05) is 91.0 Å². The predicted octanol–water partition coefficient (Wildman–Crippen LogP) is 6.05. The van der Waals surface area contributed by atoms with Crippen molar-refractivity contribution >= 4 is 27.7 Å².